The van der Waals surface area contributed by atoms with Crippen molar-refractivity contribution in [2.45, 2.75) is 11.4 Å². The second kappa shape index (κ2) is 8.03. The van der Waals surface area contributed by atoms with Crippen LogP contribution in [0.2, 0.25) is 5.02 Å². The molecule has 0 unspecified atom stereocenters. The fourth-order valence-corrected chi connectivity index (χ4v) is 5.67. The molecule has 1 N–H and O–H groups in total. The van der Waals surface area contributed by atoms with E-state index in [1.165, 1.54) is 27.8 Å². The highest BCUT2D eigenvalue weighted by Crippen LogP contribution is 2.55. The number of thioether (sulfide) groups is 1. The molecule has 0 saturated carbocycles. The molecule has 5 rings (SSSR count). The van der Waals surface area contributed by atoms with Gasteiger partial charge in [0.05, 0.1) is 24.2 Å². The lowest BCUT2D eigenvalue weighted by atomic mass is 10.0. The van der Waals surface area contributed by atoms with Crippen LogP contribution in [-0.2, 0) is 25.8 Å². The molecule has 3 amide bonds. The molecule has 1 atom stereocenters. The number of fused-ring (bicyclic) bond motifs is 2. The van der Waals surface area contributed by atoms with E-state index < -0.39 is 4.87 Å². The number of nitrogens with one attached hydrogen (secondary N) is 1. The van der Waals surface area contributed by atoms with Crippen LogP contribution in [0.3, 0.4) is 0 Å². The number of hydrogen-bond donors (Lipinski definition) is 1. The van der Waals surface area contributed by atoms with E-state index >= 15 is 0 Å². The summed E-state index contributed by atoms with van der Waals surface area (Å²) < 4.78 is 5.24. The van der Waals surface area contributed by atoms with E-state index in [1.54, 1.807) is 42.5 Å². The lowest BCUT2D eigenvalue weighted by Gasteiger charge is -2.33. The Labute approximate surface area is 193 Å². The summed E-state index contributed by atoms with van der Waals surface area (Å²) in [6, 6.07) is 17.6. The smallest absolute Gasteiger partial charge is 0.269 e. The van der Waals surface area contributed by atoms with E-state index in [4.69, 9.17) is 16.0 Å². The highest BCUT2D eigenvalue weighted by molar-refractivity contribution is 8.02. The number of halogens is 1. The number of carbonyl (C=O) groups is 3. The van der Waals surface area contributed by atoms with E-state index in [1.807, 2.05) is 18.2 Å². The maximum Gasteiger partial charge on any atom is 0.269 e. The zero-order valence-electron chi connectivity index (χ0n) is 16.8. The average molecular weight is 468 g/mol. The summed E-state index contributed by atoms with van der Waals surface area (Å²) in [5.41, 5.74) is 1.83. The third-order valence-electron chi connectivity index (χ3n) is 5.47. The van der Waals surface area contributed by atoms with Crippen LogP contribution < -0.4 is 15.1 Å². The van der Waals surface area contributed by atoms with Gasteiger partial charge >= 0.3 is 0 Å². The van der Waals surface area contributed by atoms with Gasteiger partial charge in [-0.05, 0) is 36.4 Å². The monoisotopic (exact) mass is 467 g/mol. The van der Waals surface area contributed by atoms with Crippen molar-refractivity contribution in [3.05, 3.63) is 83.3 Å². The molecule has 3 heterocycles. The van der Waals surface area contributed by atoms with Gasteiger partial charge in [0.1, 0.15) is 12.3 Å². The van der Waals surface area contributed by atoms with Crippen LogP contribution in [-0.4, -0.2) is 30.0 Å². The molecule has 0 aliphatic carbocycles. The number of furan rings is 1. The lowest BCUT2D eigenvalue weighted by Crippen LogP contribution is -2.51. The van der Waals surface area contributed by atoms with Gasteiger partial charge in [0.2, 0.25) is 16.7 Å². The Morgan fingerprint density at radius 2 is 1.97 bits per heavy atom. The fraction of sp³-hybridized carbons (Fsp3) is 0.174. The fourth-order valence-electron chi connectivity index (χ4n) is 4.13. The first kappa shape index (κ1) is 20.7. The highest BCUT2D eigenvalue weighted by atomic mass is 35.5. The molecule has 1 aromatic heterocycles. The van der Waals surface area contributed by atoms with Gasteiger partial charge in [-0.2, -0.15) is 0 Å². The van der Waals surface area contributed by atoms with Gasteiger partial charge in [0.25, 0.3) is 5.91 Å². The molecule has 32 heavy (non-hydrogen) atoms. The predicted octanol–water partition coefficient (Wildman–Crippen LogP) is 3.53. The second-order valence-electron chi connectivity index (χ2n) is 7.41. The molecule has 1 saturated heterocycles. The van der Waals surface area contributed by atoms with Crippen LogP contribution in [0.25, 0.3) is 0 Å². The Kier molecular flexibility index (Phi) is 5.19. The third kappa shape index (κ3) is 3.27. The van der Waals surface area contributed by atoms with Crippen molar-refractivity contribution < 1.29 is 18.8 Å². The van der Waals surface area contributed by atoms with Crippen LogP contribution in [0, 0.1) is 0 Å². The van der Waals surface area contributed by atoms with Crippen molar-refractivity contribution in [3.63, 3.8) is 0 Å². The Balaban J connectivity index is 1.49. The minimum absolute atomic E-state index is 0.144. The minimum Gasteiger partial charge on any atom is -0.467 e. The first-order valence-corrected chi connectivity index (χ1v) is 11.3. The second-order valence-corrected chi connectivity index (χ2v) is 9.01. The molecule has 2 aliphatic rings. The summed E-state index contributed by atoms with van der Waals surface area (Å²) >= 11 is 7.43. The number of para-hydroxylation sites is 1. The van der Waals surface area contributed by atoms with Gasteiger partial charge in [-0.25, -0.2) is 0 Å². The number of anilines is 2. The number of benzene rings is 2. The Bertz CT molecular complexity index is 1220. The largest absolute Gasteiger partial charge is 0.467 e. The van der Waals surface area contributed by atoms with Gasteiger partial charge in [0.15, 0.2) is 0 Å². The standard InChI is InChI=1S/C23H18ClN3O4S/c24-15-5-3-6-16(11-15)27-21(29)14-32-23(27)18-8-1-2-9-19(18)26(22(23)30)13-20(28)25-12-17-7-4-10-31-17/h1-11H,12-14H2,(H,25,28)/t23-/m0/s1. The molecular weight excluding hydrogens is 450 g/mol. The van der Waals surface area contributed by atoms with Gasteiger partial charge in [0, 0.05) is 16.3 Å². The molecule has 7 nitrogen and oxygen atoms in total. The Hall–Kier alpha value is -3.23. The van der Waals surface area contributed by atoms with E-state index in [0.717, 1.165) is 0 Å². The molecular formula is C23H18ClN3O4S. The average Bonchev–Trinajstić information content (AvgIpc) is 3.48. The quantitative estimate of drug-likeness (QED) is 0.620. The number of amides is 3. The molecule has 9 heteroatoms. The summed E-state index contributed by atoms with van der Waals surface area (Å²) in [5.74, 6) is -0.0880. The Morgan fingerprint density at radius 1 is 1.12 bits per heavy atom. The summed E-state index contributed by atoms with van der Waals surface area (Å²) in [6.07, 6.45) is 1.53. The number of nitrogens with zero attached hydrogens (tertiary/aromatic N) is 2. The van der Waals surface area contributed by atoms with Crippen molar-refractivity contribution in [2.75, 3.05) is 22.1 Å². The first-order valence-electron chi connectivity index (χ1n) is 9.94. The molecule has 1 spiro atoms. The summed E-state index contributed by atoms with van der Waals surface area (Å²) in [5, 5.41) is 3.24. The maximum absolute atomic E-state index is 13.8. The van der Waals surface area contributed by atoms with Crippen molar-refractivity contribution in [2.24, 2.45) is 0 Å². The number of hydrogen-bond acceptors (Lipinski definition) is 5. The van der Waals surface area contributed by atoms with Gasteiger partial charge in [-0.15, -0.1) is 11.8 Å². The third-order valence-corrected chi connectivity index (χ3v) is 7.09. The van der Waals surface area contributed by atoms with E-state index in [9.17, 15) is 14.4 Å². The molecule has 3 aromatic rings. The van der Waals surface area contributed by atoms with Crippen LogP contribution in [0.4, 0.5) is 11.4 Å². The van der Waals surface area contributed by atoms with Crippen molar-refractivity contribution in [1.29, 1.82) is 0 Å². The van der Waals surface area contributed by atoms with Crippen LogP contribution in [0.15, 0.2) is 71.3 Å². The minimum atomic E-state index is -1.28. The maximum atomic E-state index is 13.8. The molecule has 162 valence electrons. The molecule has 0 bridgehead atoms. The number of carbonyl (C=O) groups excluding carboxylic acids is 3. The highest BCUT2D eigenvalue weighted by Gasteiger charge is 2.61. The molecule has 1 fully saturated rings. The zero-order valence-corrected chi connectivity index (χ0v) is 18.4. The molecule has 2 aliphatic heterocycles. The SMILES string of the molecule is O=C(CN1C(=O)[C@@]2(SCC(=O)N2c2cccc(Cl)c2)c2ccccc21)NCc1ccco1. The normalized spacial score (nSPS) is 19.7. The summed E-state index contributed by atoms with van der Waals surface area (Å²) in [7, 11) is 0. The van der Waals surface area contributed by atoms with Crippen molar-refractivity contribution in [3.8, 4) is 0 Å². The Morgan fingerprint density at radius 3 is 2.75 bits per heavy atom. The van der Waals surface area contributed by atoms with E-state index in [-0.39, 0.29) is 36.6 Å². The lowest BCUT2D eigenvalue weighted by molar-refractivity contribution is -0.125. The van der Waals surface area contributed by atoms with Crippen molar-refractivity contribution >= 4 is 52.5 Å². The zero-order chi connectivity index (χ0) is 22.3. The van der Waals surface area contributed by atoms with Crippen LogP contribution in [0.5, 0.6) is 0 Å². The van der Waals surface area contributed by atoms with E-state index in [2.05, 4.69) is 5.32 Å². The van der Waals surface area contributed by atoms with Gasteiger partial charge in [-0.1, -0.05) is 35.9 Å². The summed E-state index contributed by atoms with van der Waals surface area (Å²) in [6.45, 7) is 0.0545. The molecule has 2 aromatic carbocycles. The topological polar surface area (TPSA) is 82.9 Å². The number of rotatable bonds is 5. The van der Waals surface area contributed by atoms with Crippen molar-refractivity contribution in [1.82, 2.24) is 5.32 Å². The van der Waals surface area contributed by atoms with Gasteiger partial charge < -0.3 is 9.73 Å². The summed E-state index contributed by atoms with van der Waals surface area (Å²) in [4.78, 5) is 41.1. The molecule has 0 radical (unpaired) electrons. The van der Waals surface area contributed by atoms with Gasteiger partial charge in [-0.3, -0.25) is 24.2 Å². The predicted molar refractivity (Wildman–Crippen MR) is 122 cm³/mol. The van der Waals surface area contributed by atoms with Crippen LogP contribution >= 0.6 is 23.4 Å². The van der Waals surface area contributed by atoms with E-state index in [0.29, 0.717) is 27.7 Å². The first-order chi connectivity index (χ1) is 15.5. The van der Waals surface area contributed by atoms with Crippen LogP contribution in [0.1, 0.15) is 11.3 Å².